The zero-order chi connectivity index (χ0) is 21.1. The van der Waals surface area contributed by atoms with Crippen LogP contribution in [-0.4, -0.2) is 35.3 Å². The van der Waals surface area contributed by atoms with Crippen LogP contribution < -0.4 is 5.32 Å². The molecule has 1 atom stereocenters. The maximum Gasteiger partial charge on any atom is 0.407 e. The molecule has 0 radical (unpaired) electrons. The average molecular weight is 484 g/mol. The molecule has 0 spiro atoms. The van der Waals surface area contributed by atoms with E-state index < -0.39 is 18.1 Å². The van der Waals surface area contributed by atoms with Crippen LogP contribution in [0.5, 0.6) is 0 Å². The zero-order valence-electron chi connectivity index (χ0n) is 16.5. The van der Waals surface area contributed by atoms with E-state index in [4.69, 9.17) is 4.74 Å². The van der Waals surface area contributed by atoms with E-state index in [1.807, 2.05) is 60.7 Å². The fourth-order valence-corrected chi connectivity index (χ4v) is 4.10. The predicted octanol–water partition coefficient (Wildman–Crippen LogP) is 4.16. The number of alkyl carbamates (subject to hydrolysis) is 1. The monoisotopic (exact) mass is 483 g/mol. The molecular formula is C24H22BrNO5. The lowest BCUT2D eigenvalue weighted by Gasteiger charge is -2.17. The number of rotatable bonds is 6. The van der Waals surface area contributed by atoms with Crippen LogP contribution in [0.3, 0.4) is 0 Å². The summed E-state index contributed by atoms with van der Waals surface area (Å²) in [6, 6.07) is 22.4. The molecule has 1 amide bonds. The van der Waals surface area contributed by atoms with Gasteiger partial charge in [0.15, 0.2) is 0 Å². The minimum absolute atomic E-state index is 0. The van der Waals surface area contributed by atoms with E-state index >= 15 is 0 Å². The third kappa shape index (κ3) is 4.95. The minimum atomic E-state index is -1.11. The molecule has 0 saturated heterocycles. The van der Waals surface area contributed by atoms with Crippen molar-refractivity contribution in [1.82, 2.24) is 5.32 Å². The van der Waals surface area contributed by atoms with Crippen LogP contribution in [0.2, 0.25) is 0 Å². The summed E-state index contributed by atoms with van der Waals surface area (Å²) < 4.78 is 6.36. The number of fused-ring (bicyclic) bond motifs is 3. The summed E-state index contributed by atoms with van der Waals surface area (Å²) in [6.45, 7) is 0.143. The number of benzene rings is 3. The molecule has 31 heavy (non-hydrogen) atoms. The maximum absolute atomic E-state index is 12.4. The first kappa shape index (κ1) is 22.5. The number of carbonyl (C=O) groups excluding carboxylic acids is 1. The Bertz CT molecular complexity index is 1040. The van der Waals surface area contributed by atoms with Gasteiger partial charge in [-0.3, -0.25) is 0 Å². The van der Waals surface area contributed by atoms with E-state index in [2.05, 4.69) is 33.4 Å². The lowest BCUT2D eigenvalue weighted by molar-refractivity contribution is -0.139. The van der Waals surface area contributed by atoms with Gasteiger partial charge in [0.05, 0.1) is 0 Å². The van der Waals surface area contributed by atoms with Crippen molar-refractivity contribution in [3.8, 4) is 11.1 Å². The molecule has 4 N–H and O–H groups in total. The van der Waals surface area contributed by atoms with Crippen molar-refractivity contribution in [3.63, 3.8) is 0 Å². The Morgan fingerprint density at radius 2 is 1.48 bits per heavy atom. The van der Waals surface area contributed by atoms with E-state index in [-0.39, 0.29) is 24.4 Å². The summed E-state index contributed by atoms with van der Waals surface area (Å²) in [4.78, 5) is 24.0. The van der Waals surface area contributed by atoms with E-state index in [1.165, 1.54) is 0 Å². The SMILES string of the molecule is O.O=C(NC(Cc1ccc(Br)cc1)C(=O)O)OCC1c2ccccc2-c2ccccc21. The number of carboxylic acids is 1. The molecule has 0 aromatic heterocycles. The summed E-state index contributed by atoms with van der Waals surface area (Å²) in [6.07, 6.45) is -0.561. The van der Waals surface area contributed by atoms with Crippen molar-refractivity contribution in [2.24, 2.45) is 0 Å². The zero-order valence-corrected chi connectivity index (χ0v) is 18.1. The quantitative estimate of drug-likeness (QED) is 0.548. The first-order valence-electron chi connectivity index (χ1n) is 9.61. The molecule has 1 unspecified atom stereocenters. The number of hydrogen-bond acceptors (Lipinski definition) is 3. The van der Waals surface area contributed by atoms with Gasteiger partial charge >= 0.3 is 12.1 Å². The Hall–Kier alpha value is -3.16. The van der Waals surface area contributed by atoms with Crippen LogP contribution >= 0.6 is 15.9 Å². The molecular weight excluding hydrogens is 462 g/mol. The van der Waals surface area contributed by atoms with Gasteiger partial charge in [0, 0.05) is 16.8 Å². The highest BCUT2D eigenvalue weighted by atomic mass is 79.9. The average Bonchev–Trinajstić information content (AvgIpc) is 3.07. The Labute approximate surface area is 188 Å². The van der Waals surface area contributed by atoms with Gasteiger partial charge in [-0.15, -0.1) is 0 Å². The molecule has 0 saturated carbocycles. The summed E-state index contributed by atoms with van der Waals surface area (Å²) in [5, 5.41) is 12.0. The molecule has 0 bridgehead atoms. The second-order valence-electron chi connectivity index (χ2n) is 7.19. The lowest BCUT2D eigenvalue weighted by atomic mass is 9.98. The van der Waals surface area contributed by atoms with Gasteiger partial charge in [-0.1, -0.05) is 76.6 Å². The molecule has 4 rings (SSSR count). The molecule has 7 heteroatoms. The first-order chi connectivity index (χ1) is 14.5. The van der Waals surface area contributed by atoms with Gasteiger partial charge in [0.1, 0.15) is 12.6 Å². The van der Waals surface area contributed by atoms with Crippen molar-refractivity contribution < 1.29 is 24.9 Å². The Balaban J connectivity index is 0.00000272. The number of ether oxygens (including phenoxy) is 1. The van der Waals surface area contributed by atoms with Crippen molar-refractivity contribution in [3.05, 3.63) is 94.0 Å². The van der Waals surface area contributed by atoms with Crippen LogP contribution in [0.25, 0.3) is 11.1 Å². The van der Waals surface area contributed by atoms with Crippen molar-refractivity contribution >= 4 is 28.0 Å². The smallest absolute Gasteiger partial charge is 0.407 e. The second-order valence-corrected chi connectivity index (χ2v) is 8.11. The Morgan fingerprint density at radius 1 is 0.935 bits per heavy atom. The number of hydrogen-bond donors (Lipinski definition) is 2. The topological polar surface area (TPSA) is 107 Å². The van der Waals surface area contributed by atoms with E-state index in [0.717, 1.165) is 32.3 Å². The molecule has 1 aliphatic rings. The molecule has 0 aliphatic heterocycles. The highest BCUT2D eigenvalue weighted by Crippen LogP contribution is 2.44. The van der Waals surface area contributed by atoms with Gasteiger partial charge in [-0.2, -0.15) is 0 Å². The Morgan fingerprint density at radius 3 is 2.03 bits per heavy atom. The van der Waals surface area contributed by atoms with E-state index in [1.54, 1.807) is 0 Å². The largest absolute Gasteiger partial charge is 0.480 e. The van der Waals surface area contributed by atoms with Crippen LogP contribution in [0, 0.1) is 0 Å². The lowest BCUT2D eigenvalue weighted by Crippen LogP contribution is -2.42. The summed E-state index contributed by atoms with van der Waals surface area (Å²) in [5.74, 6) is -1.18. The number of nitrogens with one attached hydrogen (secondary N) is 1. The van der Waals surface area contributed by atoms with Crippen LogP contribution in [0.4, 0.5) is 4.79 Å². The summed E-state index contributed by atoms with van der Waals surface area (Å²) >= 11 is 3.35. The summed E-state index contributed by atoms with van der Waals surface area (Å²) in [5.41, 5.74) is 5.30. The molecule has 6 nitrogen and oxygen atoms in total. The first-order valence-corrected chi connectivity index (χ1v) is 10.4. The van der Waals surface area contributed by atoms with Crippen LogP contribution in [-0.2, 0) is 16.0 Å². The van der Waals surface area contributed by atoms with Crippen molar-refractivity contribution in [1.29, 1.82) is 0 Å². The summed E-state index contributed by atoms with van der Waals surface area (Å²) in [7, 11) is 0. The molecule has 0 fully saturated rings. The molecule has 160 valence electrons. The fraction of sp³-hybridized carbons (Fsp3) is 0.167. The highest BCUT2D eigenvalue weighted by Gasteiger charge is 2.29. The number of aliphatic carboxylic acids is 1. The second kappa shape index (κ2) is 9.76. The van der Waals surface area contributed by atoms with Gasteiger partial charge in [0.2, 0.25) is 0 Å². The van der Waals surface area contributed by atoms with Crippen molar-refractivity contribution in [2.75, 3.05) is 6.61 Å². The molecule has 0 heterocycles. The highest BCUT2D eigenvalue weighted by molar-refractivity contribution is 9.10. The van der Waals surface area contributed by atoms with Crippen molar-refractivity contribution in [2.45, 2.75) is 18.4 Å². The van der Waals surface area contributed by atoms with Crippen LogP contribution in [0.1, 0.15) is 22.6 Å². The van der Waals surface area contributed by atoms with Crippen LogP contribution in [0.15, 0.2) is 77.3 Å². The predicted molar refractivity (Wildman–Crippen MR) is 121 cm³/mol. The fourth-order valence-electron chi connectivity index (χ4n) is 3.84. The third-order valence-corrected chi connectivity index (χ3v) is 5.82. The Kier molecular flexibility index (Phi) is 7.09. The normalized spacial score (nSPS) is 12.8. The van der Waals surface area contributed by atoms with Gasteiger partial charge in [0.25, 0.3) is 0 Å². The van der Waals surface area contributed by atoms with Gasteiger partial charge < -0.3 is 20.6 Å². The minimum Gasteiger partial charge on any atom is -0.480 e. The third-order valence-electron chi connectivity index (χ3n) is 5.29. The number of carbonyl (C=O) groups is 2. The van der Waals surface area contributed by atoms with E-state index in [9.17, 15) is 14.7 Å². The molecule has 3 aromatic rings. The van der Waals surface area contributed by atoms with E-state index in [0.29, 0.717) is 0 Å². The maximum atomic E-state index is 12.4. The molecule has 1 aliphatic carbocycles. The van der Waals surface area contributed by atoms with Gasteiger partial charge in [-0.25, -0.2) is 9.59 Å². The standard InChI is InChI=1S/C24H20BrNO4.H2O/c25-16-11-9-15(10-12-16)13-22(23(27)28)26-24(29)30-14-21-19-7-3-1-5-17(19)18-6-2-4-8-20(18)21;/h1-12,21-22H,13-14H2,(H,26,29)(H,27,28);1H2. The number of amides is 1. The van der Waals surface area contributed by atoms with Gasteiger partial charge in [-0.05, 0) is 39.9 Å². The molecule has 3 aromatic carbocycles. The number of halogens is 1. The number of carboxylic acid groups (broad SMARTS) is 1.